The summed E-state index contributed by atoms with van der Waals surface area (Å²) in [5.41, 5.74) is 1.90. The van der Waals surface area contributed by atoms with Gasteiger partial charge < -0.3 is 9.88 Å². The van der Waals surface area contributed by atoms with E-state index in [0.29, 0.717) is 22.9 Å². The van der Waals surface area contributed by atoms with Crippen molar-refractivity contribution in [3.05, 3.63) is 47.8 Å². The Bertz CT molecular complexity index is 705. The number of nitrogens with one attached hydrogen (secondary N) is 1. The normalized spacial score (nSPS) is 19.7. The Morgan fingerprint density at radius 3 is 2.68 bits per heavy atom. The van der Waals surface area contributed by atoms with Crippen molar-refractivity contribution >= 4 is 16.8 Å². The second-order valence-corrected chi connectivity index (χ2v) is 4.78. The van der Waals surface area contributed by atoms with E-state index < -0.39 is 11.6 Å². The van der Waals surface area contributed by atoms with Gasteiger partial charge in [-0.3, -0.25) is 4.79 Å². The van der Waals surface area contributed by atoms with Crippen LogP contribution in [0.3, 0.4) is 0 Å². The number of likely N-dealkylation sites (N-methyl/N-ethyl adjacent to an activating group) is 1. The van der Waals surface area contributed by atoms with Crippen LogP contribution in [0.4, 0.5) is 8.78 Å². The van der Waals surface area contributed by atoms with E-state index in [0.717, 1.165) is 17.8 Å². The van der Waals surface area contributed by atoms with Gasteiger partial charge in [0.05, 0.1) is 5.92 Å². The molecule has 5 heteroatoms. The Balaban J connectivity index is 2.14. The van der Waals surface area contributed by atoms with Crippen molar-refractivity contribution < 1.29 is 13.6 Å². The lowest BCUT2D eigenvalue weighted by Crippen LogP contribution is -2.20. The second kappa shape index (κ2) is 3.91. The summed E-state index contributed by atoms with van der Waals surface area (Å²) in [7, 11) is 1.67. The Labute approximate surface area is 108 Å². The minimum atomic E-state index is -0.911. The Morgan fingerprint density at radius 1 is 1.37 bits per heavy atom. The quantitative estimate of drug-likeness (QED) is 0.842. The lowest BCUT2D eigenvalue weighted by Gasteiger charge is -2.09. The maximum Gasteiger partial charge on any atom is 0.234 e. The summed E-state index contributed by atoms with van der Waals surface area (Å²) < 4.78 is 26.5. The molecule has 0 saturated carbocycles. The molecule has 2 heterocycles. The molecule has 1 saturated heterocycles. The third-order valence-electron chi connectivity index (χ3n) is 3.67. The van der Waals surface area contributed by atoms with Gasteiger partial charge in [-0.15, -0.1) is 0 Å². The number of carbonyl (C=O) groups is 1. The largest absolute Gasteiger partial charge is 0.361 e. The van der Waals surface area contributed by atoms with Gasteiger partial charge in [-0.25, -0.2) is 8.78 Å². The predicted octanol–water partition coefficient (Wildman–Crippen LogP) is 2.91. The minimum Gasteiger partial charge on any atom is -0.361 e. The SMILES string of the molecule is C=C1CC(c2c[nH]c3cc(F)c(F)cc23)C(=O)N1C. The molecule has 1 atom stereocenters. The lowest BCUT2D eigenvalue weighted by atomic mass is 9.96. The predicted molar refractivity (Wildman–Crippen MR) is 67.5 cm³/mol. The summed E-state index contributed by atoms with van der Waals surface area (Å²) in [5.74, 6) is -2.27. The topological polar surface area (TPSA) is 36.1 Å². The summed E-state index contributed by atoms with van der Waals surface area (Å²) in [6.07, 6.45) is 2.14. The number of H-pyrrole nitrogens is 1. The summed E-state index contributed by atoms with van der Waals surface area (Å²) >= 11 is 0. The number of aromatic amines is 1. The van der Waals surface area contributed by atoms with E-state index in [9.17, 15) is 13.6 Å². The number of fused-ring (bicyclic) bond motifs is 1. The highest BCUT2D eigenvalue weighted by Crippen LogP contribution is 2.37. The van der Waals surface area contributed by atoms with Crippen molar-refractivity contribution in [1.29, 1.82) is 0 Å². The number of rotatable bonds is 1. The zero-order valence-electron chi connectivity index (χ0n) is 10.3. The smallest absolute Gasteiger partial charge is 0.234 e. The van der Waals surface area contributed by atoms with Crippen molar-refractivity contribution in [2.24, 2.45) is 0 Å². The fourth-order valence-corrected chi connectivity index (χ4v) is 2.52. The highest BCUT2D eigenvalue weighted by molar-refractivity contribution is 5.94. The van der Waals surface area contributed by atoms with Crippen LogP contribution in [0.2, 0.25) is 0 Å². The maximum absolute atomic E-state index is 13.3. The fourth-order valence-electron chi connectivity index (χ4n) is 2.52. The molecule has 1 aliphatic heterocycles. The maximum atomic E-state index is 13.3. The van der Waals surface area contributed by atoms with Crippen molar-refractivity contribution in [1.82, 2.24) is 9.88 Å². The molecule has 1 aromatic carbocycles. The summed E-state index contributed by atoms with van der Waals surface area (Å²) in [6, 6.07) is 2.23. The van der Waals surface area contributed by atoms with Gasteiger partial charge in [0, 0.05) is 42.3 Å². The number of hydrogen-bond acceptors (Lipinski definition) is 1. The van der Waals surface area contributed by atoms with Crippen LogP contribution in [0.1, 0.15) is 17.9 Å². The standard InChI is InChI=1S/C14H12F2N2O/c1-7-3-9(14(19)18(7)2)10-6-17-13-5-12(16)11(15)4-8(10)13/h4-6,9,17H,1,3H2,2H3. The first-order valence-corrected chi connectivity index (χ1v) is 5.90. The average Bonchev–Trinajstić information content (AvgIpc) is 2.87. The van der Waals surface area contributed by atoms with Gasteiger partial charge in [-0.1, -0.05) is 6.58 Å². The van der Waals surface area contributed by atoms with Crippen LogP contribution in [0.15, 0.2) is 30.6 Å². The molecule has 1 N–H and O–H groups in total. The van der Waals surface area contributed by atoms with Crippen molar-refractivity contribution in [2.45, 2.75) is 12.3 Å². The monoisotopic (exact) mass is 262 g/mol. The van der Waals surface area contributed by atoms with Gasteiger partial charge in [0.2, 0.25) is 5.91 Å². The molecule has 1 fully saturated rings. The zero-order chi connectivity index (χ0) is 13.7. The van der Waals surface area contributed by atoms with Crippen LogP contribution in [0, 0.1) is 11.6 Å². The molecule has 0 aliphatic carbocycles. The highest BCUT2D eigenvalue weighted by atomic mass is 19.2. The van der Waals surface area contributed by atoms with Gasteiger partial charge in [0.25, 0.3) is 0 Å². The van der Waals surface area contributed by atoms with Crippen molar-refractivity contribution in [3.8, 4) is 0 Å². The molecular weight excluding hydrogens is 250 g/mol. The van der Waals surface area contributed by atoms with E-state index in [1.807, 2.05) is 0 Å². The van der Waals surface area contributed by atoms with Gasteiger partial charge in [-0.2, -0.15) is 0 Å². The van der Waals surface area contributed by atoms with Crippen LogP contribution < -0.4 is 0 Å². The molecule has 0 bridgehead atoms. The Morgan fingerprint density at radius 2 is 2.05 bits per heavy atom. The van der Waals surface area contributed by atoms with Gasteiger partial charge in [-0.05, 0) is 11.6 Å². The van der Waals surface area contributed by atoms with E-state index in [4.69, 9.17) is 0 Å². The molecule has 1 unspecified atom stereocenters. The third kappa shape index (κ3) is 1.65. The van der Waals surface area contributed by atoms with Crippen molar-refractivity contribution in [2.75, 3.05) is 7.05 Å². The van der Waals surface area contributed by atoms with Gasteiger partial charge in [0.15, 0.2) is 11.6 Å². The first-order valence-electron chi connectivity index (χ1n) is 5.90. The number of allylic oxidation sites excluding steroid dienone is 1. The van der Waals surface area contributed by atoms with Crippen LogP contribution in [-0.4, -0.2) is 22.8 Å². The molecule has 1 aromatic heterocycles. The number of carbonyl (C=O) groups excluding carboxylic acids is 1. The molecule has 1 amide bonds. The lowest BCUT2D eigenvalue weighted by molar-refractivity contribution is -0.126. The zero-order valence-corrected chi connectivity index (χ0v) is 10.3. The summed E-state index contributed by atoms with van der Waals surface area (Å²) in [5, 5.41) is 0.542. The Hall–Kier alpha value is -2.17. The molecule has 3 rings (SSSR count). The van der Waals surface area contributed by atoms with Crippen LogP contribution >= 0.6 is 0 Å². The molecular formula is C14H12F2N2O. The highest BCUT2D eigenvalue weighted by Gasteiger charge is 2.34. The first-order chi connectivity index (χ1) is 8.99. The average molecular weight is 262 g/mol. The number of amides is 1. The van der Waals surface area contributed by atoms with E-state index >= 15 is 0 Å². The summed E-state index contributed by atoms with van der Waals surface area (Å²) in [6.45, 7) is 3.82. The van der Waals surface area contributed by atoms with Gasteiger partial charge >= 0.3 is 0 Å². The molecule has 19 heavy (non-hydrogen) atoms. The number of aromatic nitrogens is 1. The van der Waals surface area contributed by atoms with E-state index in [2.05, 4.69) is 11.6 Å². The molecule has 0 radical (unpaired) electrons. The molecule has 3 nitrogen and oxygen atoms in total. The van der Waals surface area contributed by atoms with E-state index in [1.54, 1.807) is 13.2 Å². The first kappa shape index (κ1) is 11.9. The number of halogens is 2. The van der Waals surface area contributed by atoms with Crippen LogP contribution in [0.5, 0.6) is 0 Å². The number of hydrogen-bond donors (Lipinski definition) is 1. The Kier molecular flexibility index (Phi) is 2.45. The van der Waals surface area contributed by atoms with Gasteiger partial charge in [0.1, 0.15) is 0 Å². The summed E-state index contributed by atoms with van der Waals surface area (Å²) in [4.78, 5) is 16.5. The van der Waals surface area contributed by atoms with E-state index in [1.165, 1.54) is 4.90 Å². The number of likely N-dealkylation sites (tertiary alicyclic amines) is 1. The van der Waals surface area contributed by atoms with Crippen LogP contribution in [0.25, 0.3) is 10.9 Å². The van der Waals surface area contributed by atoms with E-state index in [-0.39, 0.29) is 11.8 Å². The van der Waals surface area contributed by atoms with Crippen LogP contribution in [-0.2, 0) is 4.79 Å². The van der Waals surface area contributed by atoms with Crippen molar-refractivity contribution in [3.63, 3.8) is 0 Å². The fraction of sp³-hybridized carbons (Fsp3) is 0.214. The molecule has 98 valence electrons. The minimum absolute atomic E-state index is 0.0735. The number of nitrogens with zero attached hydrogens (tertiary/aromatic N) is 1. The number of benzene rings is 1. The molecule has 1 aliphatic rings. The second-order valence-electron chi connectivity index (χ2n) is 4.78. The molecule has 0 spiro atoms. The third-order valence-corrected chi connectivity index (χ3v) is 3.67. The molecule has 2 aromatic rings.